The topological polar surface area (TPSA) is 9.23 Å². The van der Waals surface area contributed by atoms with Crippen LogP contribution in [0.4, 0.5) is 0 Å². The molecule has 0 aromatic heterocycles. The maximum absolute atomic E-state index is 6.14. The summed E-state index contributed by atoms with van der Waals surface area (Å²) < 4.78 is 5.15. The van der Waals surface area contributed by atoms with E-state index < -0.39 is 12.5 Å². The molecule has 0 aliphatic rings. The summed E-state index contributed by atoms with van der Waals surface area (Å²) in [6.45, 7) is 2.00. The molecule has 0 saturated carbocycles. The normalized spacial score (nSPS) is 14.1. The van der Waals surface area contributed by atoms with Crippen molar-refractivity contribution in [3.05, 3.63) is 47.7 Å². The third-order valence-electron chi connectivity index (χ3n) is 2.11. The van der Waals surface area contributed by atoms with Crippen LogP contribution in [0.5, 0.6) is 0 Å². The van der Waals surface area contributed by atoms with Gasteiger partial charge in [0.15, 0.2) is 0 Å². The van der Waals surface area contributed by atoms with Crippen LogP contribution in [0.15, 0.2) is 42.2 Å². The summed E-state index contributed by atoms with van der Waals surface area (Å²) in [7, 11) is 13.9. The number of halogens is 2. The first-order valence-electron chi connectivity index (χ1n) is 4.59. The predicted octanol–water partition coefficient (Wildman–Crippen LogP) is 3.83. The van der Waals surface area contributed by atoms with Gasteiger partial charge in [0.25, 0.3) is 0 Å². The van der Waals surface area contributed by atoms with E-state index in [0.29, 0.717) is 0 Å². The summed E-state index contributed by atoms with van der Waals surface area (Å²) in [6, 6.07) is 10.1. The molecule has 0 heterocycles. The van der Waals surface area contributed by atoms with Crippen molar-refractivity contribution in [1.29, 1.82) is 0 Å². The second kappa shape index (κ2) is 6.46. The van der Waals surface area contributed by atoms with Crippen molar-refractivity contribution in [2.45, 2.75) is 11.7 Å². The number of benzene rings is 1. The van der Waals surface area contributed by atoms with Crippen LogP contribution < -0.4 is 0 Å². The Kier molecular flexibility index (Phi) is 5.58. The van der Waals surface area contributed by atoms with Crippen molar-refractivity contribution in [1.82, 2.24) is 0 Å². The van der Waals surface area contributed by atoms with Crippen molar-refractivity contribution >= 4 is 32.5 Å². The number of rotatable bonds is 4. The Morgan fingerprint density at radius 3 is 2.40 bits per heavy atom. The Hall–Kier alpha value is -0.117. The molecule has 0 aliphatic heterocycles. The molecule has 81 valence electrons. The molecule has 15 heavy (non-hydrogen) atoms. The molecule has 0 bridgehead atoms. The average molecular weight is 305 g/mol. The van der Waals surface area contributed by atoms with Crippen LogP contribution in [-0.2, 0) is 4.74 Å². The van der Waals surface area contributed by atoms with E-state index in [1.807, 2.05) is 25.1 Å². The summed E-state index contributed by atoms with van der Waals surface area (Å²) >= 11 is -2.07. The molecular weight excluding hydrogens is 292 g/mol. The molecule has 1 radical (unpaired) electrons. The van der Waals surface area contributed by atoms with Crippen LogP contribution in [0.2, 0.25) is 0 Å². The van der Waals surface area contributed by atoms with Gasteiger partial charge in [0.05, 0.1) is 0 Å². The molecule has 1 aromatic carbocycles. The molecule has 0 saturated heterocycles. The van der Waals surface area contributed by atoms with Gasteiger partial charge in [-0.05, 0) is 0 Å². The molecular formula is C11H13Cl2GeO. The molecule has 1 unspecified atom stereocenters. The van der Waals surface area contributed by atoms with E-state index in [4.69, 9.17) is 24.8 Å². The monoisotopic (exact) mass is 305 g/mol. The van der Waals surface area contributed by atoms with Gasteiger partial charge in [-0.25, -0.2) is 0 Å². The van der Waals surface area contributed by atoms with Crippen LogP contribution in [0.25, 0.3) is 0 Å². The minimum absolute atomic E-state index is 0.148. The first-order valence-corrected chi connectivity index (χ1v) is 11.3. The van der Waals surface area contributed by atoms with E-state index in [0.717, 1.165) is 5.57 Å². The van der Waals surface area contributed by atoms with E-state index >= 15 is 0 Å². The zero-order valence-electron chi connectivity index (χ0n) is 8.71. The SMILES string of the molecule is CO/C=C(/C)[CH](c1ccccc1)[Ge]([Cl])[Cl]. The average Bonchev–Trinajstić information content (AvgIpc) is 2.19. The van der Waals surface area contributed by atoms with Gasteiger partial charge in [-0.3, -0.25) is 0 Å². The Labute approximate surface area is 104 Å². The first kappa shape index (κ1) is 13.0. The van der Waals surface area contributed by atoms with Gasteiger partial charge in [0.1, 0.15) is 0 Å². The number of hydrogen-bond donors (Lipinski definition) is 0. The molecule has 0 N–H and O–H groups in total. The van der Waals surface area contributed by atoms with Gasteiger partial charge in [0, 0.05) is 0 Å². The van der Waals surface area contributed by atoms with E-state index in [1.54, 1.807) is 13.4 Å². The molecule has 0 amide bonds. The Morgan fingerprint density at radius 2 is 1.93 bits per heavy atom. The molecule has 1 rings (SSSR count). The van der Waals surface area contributed by atoms with Gasteiger partial charge < -0.3 is 0 Å². The molecule has 0 fully saturated rings. The van der Waals surface area contributed by atoms with Crippen LogP contribution in [0.3, 0.4) is 0 Å². The summed E-state index contributed by atoms with van der Waals surface area (Å²) in [5.41, 5.74) is 2.26. The van der Waals surface area contributed by atoms with E-state index in [-0.39, 0.29) is 4.75 Å². The van der Waals surface area contributed by atoms with Crippen molar-refractivity contribution < 1.29 is 4.74 Å². The molecule has 1 nitrogen and oxygen atoms in total. The van der Waals surface area contributed by atoms with Crippen molar-refractivity contribution in [2.75, 3.05) is 7.11 Å². The fourth-order valence-electron chi connectivity index (χ4n) is 1.46. The third kappa shape index (κ3) is 3.74. The molecule has 4 heteroatoms. The fourth-order valence-corrected chi connectivity index (χ4v) is 6.36. The predicted molar refractivity (Wildman–Crippen MR) is 67.4 cm³/mol. The number of ether oxygens (including phenoxy) is 1. The van der Waals surface area contributed by atoms with Gasteiger partial charge in [-0.1, -0.05) is 0 Å². The first-order chi connectivity index (χ1) is 7.16. The second-order valence-corrected chi connectivity index (χ2v) is 10.9. The number of methoxy groups -OCH3 is 1. The second-order valence-electron chi connectivity index (χ2n) is 3.23. The third-order valence-corrected chi connectivity index (χ3v) is 6.95. The van der Waals surface area contributed by atoms with Crippen LogP contribution in [0.1, 0.15) is 17.2 Å². The Morgan fingerprint density at radius 1 is 1.33 bits per heavy atom. The van der Waals surface area contributed by atoms with Crippen LogP contribution in [0, 0.1) is 0 Å². The van der Waals surface area contributed by atoms with Crippen molar-refractivity contribution in [2.24, 2.45) is 0 Å². The zero-order valence-corrected chi connectivity index (χ0v) is 12.3. The van der Waals surface area contributed by atoms with Gasteiger partial charge in [-0.2, -0.15) is 0 Å². The number of hydrogen-bond acceptors (Lipinski definition) is 1. The van der Waals surface area contributed by atoms with Gasteiger partial charge in [-0.15, -0.1) is 0 Å². The van der Waals surface area contributed by atoms with Crippen molar-refractivity contribution in [3.63, 3.8) is 0 Å². The van der Waals surface area contributed by atoms with E-state index in [2.05, 4.69) is 12.1 Å². The fraction of sp³-hybridized carbons (Fsp3) is 0.273. The Bertz CT molecular complexity index is 325. The maximum atomic E-state index is 6.14. The minimum atomic E-state index is -2.07. The van der Waals surface area contributed by atoms with E-state index in [9.17, 15) is 0 Å². The standard InChI is InChI=1S/C11H13Cl2GeO/c1-9(8-15-2)11(14(12)13)10-6-4-3-5-7-10/h3-8,11H,1-2H3/b9-8-. The quantitative estimate of drug-likeness (QED) is 0.607. The number of allylic oxidation sites excluding steroid dienone is 1. The van der Waals surface area contributed by atoms with Crippen LogP contribution in [-0.4, -0.2) is 19.6 Å². The van der Waals surface area contributed by atoms with Gasteiger partial charge in [0.2, 0.25) is 0 Å². The van der Waals surface area contributed by atoms with Gasteiger partial charge >= 0.3 is 104 Å². The van der Waals surface area contributed by atoms with E-state index in [1.165, 1.54) is 5.56 Å². The summed E-state index contributed by atoms with van der Waals surface area (Å²) in [5.74, 6) is 0. The van der Waals surface area contributed by atoms with Crippen molar-refractivity contribution in [3.8, 4) is 0 Å². The molecule has 1 atom stereocenters. The zero-order chi connectivity index (χ0) is 11.3. The Balaban J connectivity index is 2.99. The molecule has 1 aromatic rings. The van der Waals surface area contributed by atoms with Crippen LogP contribution >= 0.6 is 20.0 Å². The summed E-state index contributed by atoms with van der Waals surface area (Å²) in [5, 5.41) is 0. The molecule has 0 spiro atoms. The molecule has 0 aliphatic carbocycles. The summed E-state index contributed by atoms with van der Waals surface area (Å²) in [6.07, 6.45) is 1.72. The summed E-state index contributed by atoms with van der Waals surface area (Å²) in [4.78, 5) is 0.